The maximum Gasteiger partial charge on any atom is 0.130 e. The van der Waals surface area contributed by atoms with Crippen LogP contribution in [0.5, 0.6) is 0 Å². The van der Waals surface area contributed by atoms with Crippen LogP contribution in [0.25, 0.3) is 0 Å². The highest BCUT2D eigenvalue weighted by molar-refractivity contribution is 9.10. The fourth-order valence-corrected chi connectivity index (χ4v) is 2.15. The summed E-state index contributed by atoms with van der Waals surface area (Å²) in [6.45, 7) is 0.613. The average molecular weight is 279 g/mol. The van der Waals surface area contributed by atoms with Gasteiger partial charge in [-0.15, -0.1) is 0 Å². The molecule has 1 aromatic heterocycles. The molecule has 1 aliphatic rings. The molecular weight excluding hydrogens is 269 g/mol. The van der Waals surface area contributed by atoms with Crippen molar-refractivity contribution in [3.05, 3.63) is 27.5 Å². The van der Waals surface area contributed by atoms with Gasteiger partial charge in [0.05, 0.1) is 6.61 Å². The van der Waals surface area contributed by atoms with Gasteiger partial charge in [-0.3, -0.25) is 0 Å². The molecule has 0 saturated carbocycles. The summed E-state index contributed by atoms with van der Waals surface area (Å²) in [6.07, 6.45) is 0.261. The number of halogens is 2. The first-order valence-electron chi connectivity index (χ1n) is 4.18. The zero-order valence-electron chi connectivity index (χ0n) is 7.54. The standard InChI is InChI=1S/C9H9BrClNO2/c1-13-4-6-9(14-6)5-2-7(10)12-8(11)3-5/h2-3,6,9H,4H2,1H3. The second-order valence-corrected chi connectivity index (χ2v) is 4.30. The lowest BCUT2D eigenvalue weighted by molar-refractivity contribution is 0.171. The van der Waals surface area contributed by atoms with Gasteiger partial charge in [0.1, 0.15) is 22.0 Å². The normalized spacial score (nSPS) is 25.1. The Balaban J connectivity index is 2.11. The fourth-order valence-electron chi connectivity index (χ4n) is 1.37. The van der Waals surface area contributed by atoms with Crippen molar-refractivity contribution in [2.75, 3.05) is 13.7 Å². The van der Waals surface area contributed by atoms with E-state index in [0.29, 0.717) is 11.8 Å². The summed E-state index contributed by atoms with van der Waals surface area (Å²) in [5.41, 5.74) is 1.04. The molecule has 1 aliphatic heterocycles. The maximum atomic E-state index is 5.82. The van der Waals surface area contributed by atoms with Crippen molar-refractivity contribution in [1.82, 2.24) is 4.98 Å². The molecule has 1 fully saturated rings. The van der Waals surface area contributed by atoms with Crippen LogP contribution in [0.15, 0.2) is 16.7 Å². The molecule has 76 valence electrons. The van der Waals surface area contributed by atoms with E-state index in [1.165, 1.54) is 0 Å². The molecule has 0 aliphatic carbocycles. The number of hydrogen-bond donors (Lipinski definition) is 0. The van der Waals surface area contributed by atoms with Crippen LogP contribution in [-0.2, 0) is 9.47 Å². The average Bonchev–Trinajstić information content (AvgIpc) is 2.82. The Morgan fingerprint density at radius 1 is 1.64 bits per heavy atom. The Morgan fingerprint density at radius 2 is 2.43 bits per heavy atom. The molecule has 0 N–H and O–H groups in total. The van der Waals surface area contributed by atoms with E-state index in [1.807, 2.05) is 12.1 Å². The molecule has 5 heteroatoms. The smallest absolute Gasteiger partial charge is 0.130 e. The molecular formula is C9H9BrClNO2. The second-order valence-electron chi connectivity index (χ2n) is 3.10. The number of nitrogens with zero attached hydrogens (tertiary/aromatic N) is 1. The molecule has 0 bridgehead atoms. The van der Waals surface area contributed by atoms with Crippen LogP contribution in [0.2, 0.25) is 5.15 Å². The summed E-state index contributed by atoms with van der Waals surface area (Å²) in [4.78, 5) is 4.01. The van der Waals surface area contributed by atoms with Crippen molar-refractivity contribution in [3.8, 4) is 0 Å². The van der Waals surface area contributed by atoms with Gasteiger partial charge in [-0.25, -0.2) is 4.98 Å². The molecule has 2 atom stereocenters. The largest absolute Gasteiger partial charge is 0.382 e. The van der Waals surface area contributed by atoms with E-state index in [9.17, 15) is 0 Å². The molecule has 1 saturated heterocycles. The fraction of sp³-hybridized carbons (Fsp3) is 0.444. The molecule has 0 amide bonds. The predicted octanol–water partition coefficient (Wildman–Crippen LogP) is 2.58. The number of ether oxygens (including phenoxy) is 2. The van der Waals surface area contributed by atoms with Gasteiger partial charge in [0.2, 0.25) is 0 Å². The molecule has 14 heavy (non-hydrogen) atoms. The molecule has 3 nitrogen and oxygen atoms in total. The summed E-state index contributed by atoms with van der Waals surface area (Å²) < 4.78 is 11.1. The molecule has 2 heterocycles. The minimum atomic E-state index is 0.103. The number of epoxide rings is 1. The number of pyridine rings is 1. The van der Waals surface area contributed by atoms with E-state index >= 15 is 0 Å². The van der Waals surface area contributed by atoms with Crippen molar-refractivity contribution in [2.24, 2.45) is 0 Å². The summed E-state index contributed by atoms with van der Waals surface area (Å²) in [5.74, 6) is 0. The first-order valence-corrected chi connectivity index (χ1v) is 5.35. The Kier molecular flexibility index (Phi) is 3.07. The topological polar surface area (TPSA) is 34.6 Å². The SMILES string of the molecule is COCC1OC1c1cc(Cl)nc(Br)c1. The van der Waals surface area contributed by atoms with Gasteiger partial charge in [0.15, 0.2) is 0 Å². The number of rotatable bonds is 3. The monoisotopic (exact) mass is 277 g/mol. The zero-order valence-corrected chi connectivity index (χ0v) is 9.88. The lowest BCUT2D eigenvalue weighted by Gasteiger charge is -1.98. The van der Waals surface area contributed by atoms with Crippen molar-refractivity contribution in [2.45, 2.75) is 12.2 Å². The second kappa shape index (κ2) is 4.14. The van der Waals surface area contributed by atoms with Gasteiger partial charge in [-0.1, -0.05) is 11.6 Å². The first kappa shape index (κ1) is 10.4. The van der Waals surface area contributed by atoms with Gasteiger partial charge in [-0.05, 0) is 33.6 Å². The summed E-state index contributed by atoms with van der Waals surface area (Å²) in [7, 11) is 1.66. The van der Waals surface area contributed by atoms with Gasteiger partial charge < -0.3 is 9.47 Å². The lowest BCUT2D eigenvalue weighted by Crippen LogP contribution is -1.98. The van der Waals surface area contributed by atoms with Gasteiger partial charge in [0.25, 0.3) is 0 Å². The Hall–Kier alpha value is -0.160. The quantitative estimate of drug-likeness (QED) is 0.629. The van der Waals surface area contributed by atoms with E-state index in [1.54, 1.807) is 7.11 Å². The number of methoxy groups -OCH3 is 1. The molecule has 2 unspecified atom stereocenters. The first-order chi connectivity index (χ1) is 6.70. The van der Waals surface area contributed by atoms with E-state index in [2.05, 4.69) is 20.9 Å². The van der Waals surface area contributed by atoms with Gasteiger partial charge >= 0.3 is 0 Å². The maximum absolute atomic E-state index is 5.82. The van der Waals surface area contributed by atoms with E-state index in [0.717, 1.165) is 10.2 Å². The highest BCUT2D eigenvalue weighted by Crippen LogP contribution is 2.39. The third kappa shape index (κ3) is 2.25. The highest BCUT2D eigenvalue weighted by atomic mass is 79.9. The van der Waals surface area contributed by atoms with Gasteiger partial charge in [0, 0.05) is 7.11 Å². The van der Waals surface area contributed by atoms with E-state index in [4.69, 9.17) is 21.1 Å². The van der Waals surface area contributed by atoms with E-state index in [-0.39, 0.29) is 12.2 Å². The van der Waals surface area contributed by atoms with Crippen LogP contribution >= 0.6 is 27.5 Å². The third-order valence-corrected chi connectivity index (χ3v) is 2.63. The summed E-state index contributed by atoms with van der Waals surface area (Å²) in [5, 5.41) is 0.473. The Bertz CT molecular complexity index is 327. The molecule has 2 rings (SSSR count). The predicted molar refractivity (Wildman–Crippen MR) is 56.4 cm³/mol. The number of hydrogen-bond acceptors (Lipinski definition) is 3. The minimum absolute atomic E-state index is 0.103. The molecule has 0 aromatic carbocycles. The van der Waals surface area contributed by atoms with Gasteiger partial charge in [-0.2, -0.15) is 0 Å². The van der Waals surface area contributed by atoms with Crippen molar-refractivity contribution in [3.63, 3.8) is 0 Å². The minimum Gasteiger partial charge on any atom is -0.382 e. The number of aromatic nitrogens is 1. The highest BCUT2D eigenvalue weighted by Gasteiger charge is 2.40. The van der Waals surface area contributed by atoms with Crippen LogP contribution in [0.1, 0.15) is 11.7 Å². The van der Waals surface area contributed by atoms with Crippen LogP contribution in [0.3, 0.4) is 0 Å². The Morgan fingerprint density at radius 3 is 3.07 bits per heavy atom. The van der Waals surface area contributed by atoms with E-state index < -0.39 is 0 Å². The van der Waals surface area contributed by atoms with Crippen LogP contribution in [0, 0.1) is 0 Å². The van der Waals surface area contributed by atoms with Crippen LogP contribution in [0.4, 0.5) is 0 Å². The molecule has 1 aromatic rings. The summed E-state index contributed by atoms with van der Waals surface area (Å²) in [6, 6.07) is 3.72. The third-order valence-electron chi connectivity index (χ3n) is 2.03. The van der Waals surface area contributed by atoms with Crippen molar-refractivity contribution in [1.29, 1.82) is 0 Å². The lowest BCUT2D eigenvalue weighted by atomic mass is 10.1. The zero-order chi connectivity index (χ0) is 10.1. The van der Waals surface area contributed by atoms with Crippen molar-refractivity contribution < 1.29 is 9.47 Å². The molecule has 0 spiro atoms. The summed E-state index contributed by atoms with van der Waals surface area (Å²) >= 11 is 9.10. The van der Waals surface area contributed by atoms with Crippen molar-refractivity contribution >= 4 is 27.5 Å². The van der Waals surface area contributed by atoms with Crippen LogP contribution < -0.4 is 0 Å². The molecule has 0 radical (unpaired) electrons. The Labute approximate surface area is 95.5 Å². The van der Waals surface area contributed by atoms with Crippen LogP contribution in [-0.4, -0.2) is 24.8 Å².